The minimum Gasteiger partial charge on any atom is -0.323 e. The van der Waals surface area contributed by atoms with Gasteiger partial charge in [0.25, 0.3) is 15.9 Å². The normalized spacial score (nSPS) is 15.7. The smallest absolute Gasteiger partial charge is 0.270 e. The van der Waals surface area contributed by atoms with Crippen LogP contribution in [-0.4, -0.2) is 31.8 Å². The maximum atomic E-state index is 12.4. The summed E-state index contributed by atoms with van der Waals surface area (Å²) in [5.74, 6) is -1.19. The highest BCUT2D eigenvalue weighted by Gasteiger charge is 2.34. The summed E-state index contributed by atoms with van der Waals surface area (Å²) < 4.78 is 24.3. The van der Waals surface area contributed by atoms with Crippen molar-refractivity contribution in [1.29, 1.82) is 0 Å². The maximum absolute atomic E-state index is 12.4. The Bertz CT molecular complexity index is 930. The Morgan fingerprint density at radius 3 is 2.54 bits per heavy atom. The molecule has 7 nitrogen and oxygen atoms in total. The van der Waals surface area contributed by atoms with E-state index in [1.54, 1.807) is 30.3 Å². The van der Waals surface area contributed by atoms with Gasteiger partial charge in [0, 0.05) is 0 Å². The van der Waals surface area contributed by atoms with Crippen LogP contribution in [0, 0.1) is 0 Å². The molecule has 0 bridgehead atoms. The van der Waals surface area contributed by atoms with Crippen molar-refractivity contribution in [1.82, 2.24) is 9.84 Å². The van der Waals surface area contributed by atoms with Gasteiger partial charge < -0.3 is 5.32 Å². The molecule has 0 spiro atoms. The first-order valence-electron chi connectivity index (χ1n) is 6.86. The number of anilines is 1. The highest BCUT2D eigenvalue weighted by atomic mass is 35.5. The number of sulfonamides is 1. The minimum absolute atomic E-state index is 0.0155. The van der Waals surface area contributed by atoms with Gasteiger partial charge in [-0.1, -0.05) is 35.9 Å². The summed E-state index contributed by atoms with van der Waals surface area (Å²) in [4.78, 5) is 26.4. The number of rotatable bonds is 3. The molecule has 0 saturated heterocycles. The zero-order valence-corrected chi connectivity index (χ0v) is 13.8. The number of hydrogen-bond donors (Lipinski definition) is 2. The molecule has 2 amide bonds. The van der Waals surface area contributed by atoms with E-state index in [0.29, 0.717) is 10.7 Å². The highest BCUT2D eigenvalue weighted by Crippen LogP contribution is 2.23. The van der Waals surface area contributed by atoms with Crippen molar-refractivity contribution in [2.24, 2.45) is 0 Å². The van der Waals surface area contributed by atoms with E-state index in [9.17, 15) is 18.0 Å². The number of hydrazine groups is 1. The second kappa shape index (κ2) is 6.23. The average Bonchev–Trinajstić information content (AvgIpc) is 2.54. The molecule has 9 heteroatoms. The minimum atomic E-state index is -3.90. The number of para-hydroxylation sites is 1. The summed E-state index contributed by atoms with van der Waals surface area (Å²) in [7, 11) is -3.90. The van der Waals surface area contributed by atoms with Gasteiger partial charge in [0.15, 0.2) is 0 Å². The predicted octanol–water partition coefficient (Wildman–Crippen LogP) is 1.63. The molecule has 0 unspecified atom stereocenters. The fraction of sp³-hybridized carbons (Fsp3) is 0.0667. The lowest BCUT2D eigenvalue weighted by molar-refractivity contribution is -0.117. The Balaban J connectivity index is 1.80. The monoisotopic (exact) mass is 365 g/mol. The molecule has 1 heterocycles. The first-order chi connectivity index (χ1) is 11.4. The fourth-order valence-electron chi connectivity index (χ4n) is 2.26. The van der Waals surface area contributed by atoms with E-state index in [1.165, 1.54) is 18.2 Å². The number of carbonyl (C=O) groups is 2. The molecule has 0 aromatic heterocycles. The zero-order valence-electron chi connectivity index (χ0n) is 12.2. The van der Waals surface area contributed by atoms with Crippen LogP contribution in [0.2, 0.25) is 5.02 Å². The number of nitrogens with one attached hydrogen (secondary N) is 2. The molecule has 0 saturated carbocycles. The number of nitrogens with zero attached hydrogens (tertiary/aromatic N) is 1. The lowest BCUT2D eigenvalue weighted by Gasteiger charge is -2.28. The van der Waals surface area contributed by atoms with Gasteiger partial charge in [-0.25, -0.2) is 8.42 Å². The van der Waals surface area contributed by atoms with E-state index in [4.69, 9.17) is 11.6 Å². The van der Waals surface area contributed by atoms with Gasteiger partial charge in [0.2, 0.25) is 5.91 Å². The third-order valence-electron chi connectivity index (χ3n) is 3.33. The quantitative estimate of drug-likeness (QED) is 0.864. The Hall–Kier alpha value is -2.42. The van der Waals surface area contributed by atoms with E-state index < -0.39 is 28.4 Å². The van der Waals surface area contributed by atoms with Crippen LogP contribution in [0.25, 0.3) is 0 Å². The van der Waals surface area contributed by atoms with Crippen LogP contribution in [0.5, 0.6) is 0 Å². The van der Waals surface area contributed by atoms with E-state index in [0.717, 1.165) is 5.01 Å². The van der Waals surface area contributed by atoms with Crippen molar-refractivity contribution in [2.75, 3.05) is 11.9 Å². The standard InChI is InChI=1S/C15H12ClN3O4S/c16-11-6-2-3-7-12(11)17-14(20)9-19-15(21)10-5-1-4-8-13(10)24(22,23)18-19/h1-8,18H,9H2,(H,17,20). The molecule has 0 radical (unpaired) electrons. The van der Waals surface area contributed by atoms with Gasteiger partial charge in [-0.05, 0) is 24.3 Å². The molecule has 24 heavy (non-hydrogen) atoms. The summed E-state index contributed by atoms with van der Waals surface area (Å²) in [5, 5.41) is 3.62. The van der Waals surface area contributed by atoms with E-state index >= 15 is 0 Å². The fourth-order valence-corrected chi connectivity index (χ4v) is 3.68. The third-order valence-corrected chi connectivity index (χ3v) is 5.06. The van der Waals surface area contributed by atoms with Crippen molar-refractivity contribution >= 4 is 39.1 Å². The van der Waals surface area contributed by atoms with E-state index in [-0.39, 0.29) is 10.5 Å². The largest absolute Gasteiger partial charge is 0.323 e. The van der Waals surface area contributed by atoms with E-state index in [2.05, 4.69) is 10.1 Å². The summed E-state index contributed by atoms with van der Waals surface area (Å²) in [6.45, 7) is -0.488. The zero-order chi connectivity index (χ0) is 17.3. The molecule has 124 valence electrons. The SMILES string of the molecule is O=C(CN1NS(=O)(=O)c2ccccc2C1=O)Nc1ccccc1Cl. The van der Waals surface area contributed by atoms with Gasteiger partial charge in [-0.2, -0.15) is 0 Å². The second-order valence-electron chi connectivity index (χ2n) is 5.01. The van der Waals surface area contributed by atoms with Crippen LogP contribution in [0.1, 0.15) is 10.4 Å². The van der Waals surface area contributed by atoms with Crippen LogP contribution < -0.4 is 10.1 Å². The van der Waals surface area contributed by atoms with Crippen molar-refractivity contribution in [3.63, 3.8) is 0 Å². The van der Waals surface area contributed by atoms with Crippen molar-refractivity contribution in [3.8, 4) is 0 Å². The Labute approximate surface area is 143 Å². The molecule has 1 aliphatic rings. The predicted molar refractivity (Wildman–Crippen MR) is 87.9 cm³/mol. The van der Waals surface area contributed by atoms with Crippen LogP contribution >= 0.6 is 11.6 Å². The van der Waals surface area contributed by atoms with Gasteiger partial charge in [0.1, 0.15) is 6.54 Å². The first kappa shape index (κ1) is 16.4. The molecular formula is C15H12ClN3O4S. The van der Waals surface area contributed by atoms with E-state index in [1.807, 2.05) is 0 Å². The van der Waals surface area contributed by atoms with Crippen molar-refractivity contribution in [2.45, 2.75) is 4.90 Å². The average molecular weight is 366 g/mol. The molecule has 0 fully saturated rings. The first-order valence-corrected chi connectivity index (χ1v) is 8.72. The van der Waals surface area contributed by atoms with Crippen molar-refractivity contribution < 1.29 is 18.0 Å². The summed E-state index contributed by atoms with van der Waals surface area (Å²) in [6.07, 6.45) is 0. The van der Waals surface area contributed by atoms with Gasteiger partial charge in [0.05, 0.1) is 21.2 Å². The Kier molecular flexibility index (Phi) is 4.27. The molecular weight excluding hydrogens is 354 g/mol. The molecule has 2 N–H and O–H groups in total. The van der Waals surface area contributed by atoms with Crippen LogP contribution in [0.3, 0.4) is 0 Å². The summed E-state index contributed by atoms with van der Waals surface area (Å²) in [5.41, 5.74) is 0.388. The second-order valence-corrected chi connectivity index (χ2v) is 7.05. The van der Waals surface area contributed by atoms with Gasteiger partial charge in [-0.15, -0.1) is 4.83 Å². The number of fused-ring (bicyclic) bond motifs is 1. The highest BCUT2D eigenvalue weighted by molar-refractivity contribution is 7.89. The topological polar surface area (TPSA) is 95.6 Å². The molecule has 0 atom stereocenters. The summed E-state index contributed by atoms with van der Waals surface area (Å²) >= 11 is 5.95. The lowest BCUT2D eigenvalue weighted by Crippen LogP contribution is -2.53. The Morgan fingerprint density at radius 1 is 1.12 bits per heavy atom. The number of halogens is 1. The number of benzene rings is 2. The van der Waals surface area contributed by atoms with Gasteiger partial charge >= 0.3 is 0 Å². The molecule has 3 rings (SSSR count). The number of carbonyl (C=O) groups excluding carboxylic acids is 2. The molecule has 2 aromatic carbocycles. The number of hydrogen-bond acceptors (Lipinski definition) is 4. The third kappa shape index (κ3) is 3.12. The maximum Gasteiger partial charge on any atom is 0.270 e. The van der Waals surface area contributed by atoms with Crippen molar-refractivity contribution in [3.05, 3.63) is 59.1 Å². The summed E-state index contributed by atoms with van der Waals surface area (Å²) in [6, 6.07) is 12.4. The lowest BCUT2D eigenvalue weighted by atomic mass is 10.2. The number of amides is 2. The van der Waals surface area contributed by atoms with Gasteiger partial charge in [-0.3, -0.25) is 14.6 Å². The Morgan fingerprint density at radius 2 is 1.79 bits per heavy atom. The molecule has 2 aromatic rings. The van der Waals surface area contributed by atoms with Crippen LogP contribution in [0.15, 0.2) is 53.4 Å². The molecule has 1 aliphatic heterocycles. The molecule has 0 aliphatic carbocycles. The van der Waals surface area contributed by atoms with Crippen LogP contribution in [-0.2, 0) is 14.8 Å². The van der Waals surface area contributed by atoms with Crippen LogP contribution in [0.4, 0.5) is 5.69 Å².